The highest BCUT2D eigenvalue weighted by Gasteiger charge is 2.37. The van der Waals surface area contributed by atoms with Crippen LogP contribution in [0.25, 0.3) is 0 Å². The Morgan fingerprint density at radius 1 is 1.44 bits per heavy atom. The quantitative estimate of drug-likeness (QED) is 0.687. The van der Waals surface area contributed by atoms with Crippen LogP contribution in [0.15, 0.2) is 24.3 Å². The van der Waals surface area contributed by atoms with Gasteiger partial charge in [-0.2, -0.15) is 0 Å². The monoisotopic (exact) mass is 287 g/mol. The number of esters is 1. The van der Waals surface area contributed by atoms with Crippen LogP contribution in [-0.4, -0.2) is 16.2 Å². The van der Waals surface area contributed by atoms with Gasteiger partial charge in [0.1, 0.15) is 0 Å². The molecular formula is C12H11Cl2NO3. The lowest BCUT2D eigenvalue weighted by Gasteiger charge is -2.20. The van der Waals surface area contributed by atoms with E-state index in [1.54, 1.807) is 31.2 Å². The Bertz CT molecular complexity index is 502. The maximum Gasteiger partial charge on any atom is 0.340 e. The number of fused-ring (bicyclic) bond motifs is 1. The lowest BCUT2D eigenvalue weighted by atomic mass is 10.1. The molecule has 1 aliphatic rings. The summed E-state index contributed by atoms with van der Waals surface area (Å²) in [7, 11) is 0. The number of carbonyl (C=O) groups excluding carboxylic acids is 2. The number of alkyl halides is 2. The molecule has 1 unspecified atom stereocenters. The molecule has 4 nitrogen and oxygen atoms in total. The standard InChI is InChI=1S/C12H11Cl2NO3/c1-2-12(13,14)11(17)15-9-7-5-3-4-6-8(7)10(16)18-9/h3-6,9H,2H2,1H3,(H,15,17). The zero-order valence-corrected chi connectivity index (χ0v) is 11.1. The number of cyclic esters (lactones) is 1. The largest absolute Gasteiger partial charge is 0.434 e. The third kappa shape index (κ3) is 2.31. The van der Waals surface area contributed by atoms with E-state index in [0.29, 0.717) is 11.1 Å². The summed E-state index contributed by atoms with van der Waals surface area (Å²) in [5.74, 6) is -1.05. The highest BCUT2D eigenvalue weighted by atomic mass is 35.5. The van der Waals surface area contributed by atoms with Gasteiger partial charge in [0, 0.05) is 5.56 Å². The minimum atomic E-state index is -1.52. The van der Waals surface area contributed by atoms with Crippen LogP contribution in [0.4, 0.5) is 0 Å². The van der Waals surface area contributed by atoms with Crippen molar-refractivity contribution in [2.75, 3.05) is 0 Å². The molecule has 0 saturated carbocycles. The first-order valence-corrected chi connectivity index (χ1v) is 6.20. The number of hydrogen-bond donors (Lipinski definition) is 1. The van der Waals surface area contributed by atoms with Crippen molar-refractivity contribution in [1.82, 2.24) is 5.32 Å². The van der Waals surface area contributed by atoms with E-state index in [0.717, 1.165) is 0 Å². The Kier molecular flexibility index (Phi) is 3.50. The van der Waals surface area contributed by atoms with Gasteiger partial charge in [0.25, 0.3) is 5.91 Å². The topological polar surface area (TPSA) is 55.4 Å². The molecular weight excluding hydrogens is 277 g/mol. The molecule has 1 aromatic rings. The number of nitrogens with one attached hydrogen (secondary N) is 1. The minimum absolute atomic E-state index is 0.254. The third-order valence-electron chi connectivity index (χ3n) is 2.73. The van der Waals surface area contributed by atoms with Crippen LogP contribution in [0.2, 0.25) is 0 Å². The Morgan fingerprint density at radius 2 is 2.11 bits per heavy atom. The Morgan fingerprint density at radius 3 is 2.78 bits per heavy atom. The van der Waals surface area contributed by atoms with Crippen molar-refractivity contribution >= 4 is 35.1 Å². The van der Waals surface area contributed by atoms with Crippen LogP contribution in [0.3, 0.4) is 0 Å². The molecule has 1 amide bonds. The molecule has 0 bridgehead atoms. The molecule has 1 N–H and O–H groups in total. The van der Waals surface area contributed by atoms with Crippen molar-refractivity contribution in [2.24, 2.45) is 0 Å². The highest BCUT2D eigenvalue weighted by Crippen LogP contribution is 2.31. The van der Waals surface area contributed by atoms with E-state index in [9.17, 15) is 9.59 Å². The summed E-state index contributed by atoms with van der Waals surface area (Å²) in [6.07, 6.45) is -0.575. The lowest BCUT2D eigenvalue weighted by Crippen LogP contribution is -2.40. The number of hydrogen-bond acceptors (Lipinski definition) is 3. The number of ether oxygens (including phenoxy) is 1. The molecule has 1 aromatic carbocycles. The lowest BCUT2D eigenvalue weighted by molar-refractivity contribution is -0.124. The van der Waals surface area contributed by atoms with Crippen molar-refractivity contribution in [3.05, 3.63) is 35.4 Å². The Hall–Kier alpha value is -1.26. The summed E-state index contributed by atoms with van der Waals surface area (Å²) in [4.78, 5) is 23.3. The van der Waals surface area contributed by atoms with Gasteiger partial charge in [-0.1, -0.05) is 48.3 Å². The molecule has 1 aliphatic heterocycles. The second-order valence-corrected chi connectivity index (χ2v) is 5.39. The first-order chi connectivity index (χ1) is 8.45. The number of carbonyl (C=O) groups is 2. The van der Waals surface area contributed by atoms with Gasteiger partial charge in [0.15, 0.2) is 4.33 Å². The van der Waals surface area contributed by atoms with Gasteiger partial charge in [0.2, 0.25) is 6.23 Å². The molecule has 0 radical (unpaired) electrons. The first-order valence-electron chi connectivity index (χ1n) is 5.44. The number of rotatable bonds is 3. The van der Waals surface area contributed by atoms with Gasteiger partial charge in [0.05, 0.1) is 5.56 Å². The van der Waals surface area contributed by atoms with Crippen LogP contribution in [0, 0.1) is 0 Å². The van der Waals surface area contributed by atoms with Crippen molar-refractivity contribution in [1.29, 1.82) is 0 Å². The molecule has 0 aliphatic carbocycles. The summed E-state index contributed by atoms with van der Waals surface area (Å²) in [6.45, 7) is 1.69. The van der Waals surface area contributed by atoms with E-state index in [1.165, 1.54) is 0 Å². The van der Waals surface area contributed by atoms with Crippen LogP contribution < -0.4 is 5.32 Å². The Balaban J connectivity index is 2.19. The van der Waals surface area contributed by atoms with E-state index >= 15 is 0 Å². The minimum Gasteiger partial charge on any atom is -0.434 e. The smallest absolute Gasteiger partial charge is 0.340 e. The highest BCUT2D eigenvalue weighted by molar-refractivity contribution is 6.58. The molecule has 1 heterocycles. The van der Waals surface area contributed by atoms with Crippen LogP contribution in [-0.2, 0) is 9.53 Å². The summed E-state index contributed by atoms with van der Waals surface area (Å²) >= 11 is 11.7. The van der Waals surface area contributed by atoms with E-state index in [4.69, 9.17) is 27.9 Å². The van der Waals surface area contributed by atoms with Crippen LogP contribution >= 0.6 is 23.2 Å². The summed E-state index contributed by atoms with van der Waals surface area (Å²) in [5.41, 5.74) is 1.05. The van der Waals surface area contributed by atoms with Gasteiger partial charge in [-0.05, 0) is 12.5 Å². The zero-order valence-electron chi connectivity index (χ0n) is 9.57. The van der Waals surface area contributed by atoms with Crippen molar-refractivity contribution < 1.29 is 14.3 Å². The molecule has 0 aromatic heterocycles. The van der Waals surface area contributed by atoms with Gasteiger partial charge < -0.3 is 10.1 Å². The number of amides is 1. The molecule has 96 valence electrons. The molecule has 0 spiro atoms. The molecule has 0 saturated heterocycles. The zero-order chi connectivity index (χ0) is 13.3. The molecule has 2 rings (SSSR count). The maximum absolute atomic E-state index is 11.8. The number of halogens is 2. The van der Waals surface area contributed by atoms with Crippen LogP contribution in [0.5, 0.6) is 0 Å². The second kappa shape index (κ2) is 4.78. The maximum atomic E-state index is 11.8. The molecule has 18 heavy (non-hydrogen) atoms. The fraction of sp³-hybridized carbons (Fsp3) is 0.333. The summed E-state index contributed by atoms with van der Waals surface area (Å²) < 4.78 is 3.53. The van der Waals surface area contributed by atoms with Crippen molar-refractivity contribution in [3.8, 4) is 0 Å². The predicted octanol–water partition coefficient (Wildman–Crippen LogP) is 2.56. The fourth-order valence-electron chi connectivity index (χ4n) is 1.64. The average Bonchev–Trinajstić information content (AvgIpc) is 2.67. The normalized spacial score (nSPS) is 18.2. The van der Waals surface area contributed by atoms with Gasteiger partial charge in [-0.25, -0.2) is 4.79 Å². The van der Waals surface area contributed by atoms with Crippen molar-refractivity contribution in [2.45, 2.75) is 23.9 Å². The van der Waals surface area contributed by atoms with Gasteiger partial charge >= 0.3 is 5.97 Å². The third-order valence-corrected chi connectivity index (χ3v) is 3.60. The van der Waals surface area contributed by atoms with E-state index in [2.05, 4.69) is 5.32 Å². The van der Waals surface area contributed by atoms with Crippen molar-refractivity contribution in [3.63, 3.8) is 0 Å². The summed E-state index contributed by atoms with van der Waals surface area (Å²) in [5, 5.41) is 2.51. The second-order valence-electron chi connectivity index (χ2n) is 3.90. The Labute approximate surface area is 114 Å². The van der Waals surface area contributed by atoms with Gasteiger partial charge in [-0.15, -0.1) is 0 Å². The van der Waals surface area contributed by atoms with Crippen LogP contribution in [0.1, 0.15) is 35.5 Å². The SMILES string of the molecule is CCC(Cl)(Cl)C(=O)NC1OC(=O)c2ccccc21. The van der Waals surface area contributed by atoms with E-state index in [-0.39, 0.29) is 6.42 Å². The first kappa shape index (κ1) is 13.2. The molecule has 6 heteroatoms. The summed E-state index contributed by atoms with van der Waals surface area (Å²) in [6, 6.07) is 6.83. The van der Waals surface area contributed by atoms with E-state index in [1.807, 2.05) is 0 Å². The average molecular weight is 288 g/mol. The number of benzene rings is 1. The fourth-order valence-corrected chi connectivity index (χ4v) is 1.75. The van der Waals surface area contributed by atoms with E-state index < -0.39 is 22.4 Å². The molecule has 0 fully saturated rings. The molecule has 1 atom stereocenters. The van der Waals surface area contributed by atoms with Gasteiger partial charge in [-0.3, -0.25) is 4.79 Å². The predicted molar refractivity (Wildman–Crippen MR) is 67.5 cm³/mol.